The number of aliphatic hydroxyl groups excluding tert-OH is 8. The van der Waals surface area contributed by atoms with Crippen LogP contribution >= 0.6 is 0 Å². The molecule has 16 nitrogen and oxygen atoms in total. The summed E-state index contributed by atoms with van der Waals surface area (Å²) in [6.07, 6.45) is -8.69. The van der Waals surface area contributed by atoms with Crippen LogP contribution in [0.5, 0.6) is 0 Å². The van der Waals surface area contributed by atoms with Crippen molar-refractivity contribution in [1.29, 1.82) is 0 Å². The zero-order chi connectivity index (χ0) is 34.2. The summed E-state index contributed by atoms with van der Waals surface area (Å²) >= 11 is 0. The third-order valence-corrected chi connectivity index (χ3v) is 8.03. The molecule has 2 aliphatic heterocycles. The SMILES string of the molecule is C=C(C)[C@@H](CCCCNC(=O)CCCCOC1OC(CO)C(O)C(O)C1O)NC(=O)CCCCOC1OC(CO)C(O)C(O)C1O. The van der Waals surface area contributed by atoms with E-state index in [1.54, 1.807) is 0 Å². The first kappa shape index (κ1) is 40.4. The van der Waals surface area contributed by atoms with Crippen molar-refractivity contribution < 1.29 is 69.4 Å². The number of nitrogens with one attached hydrogen (secondary N) is 2. The average Bonchev–Trinajstić information content (AvgIpc) is 3.03. The predicted molar refractivity (Wildman–Crippen MR) is 161 cm³/mol. The second kappa shape index (κ2) is 21.2. The van der Waals surface area contributed by atoms with Crippen LogP contribution in [-0.4, -0.2) is 153 Å². The highest BCUT2D eigenvalue weighted by molar-refractivity contribution is 5.76. The molecule has 2 heterocycles. The molecular weight excluding hydrogens is 612 g/mol. The molecule has 0 aromatic heterocycles. The van der Waals surface area contributed by atoms with Gasteiger partial charge in [0.15, 0.2) is 12.6 Å². The number of aliphatic hydroxyl groups is 8. The van der Waals surface area contributed by atoms with Crippen molar-refractivity contribution in [2.24, 2.45) is 0 Å². The van der Waals surface area contributed by atoms with Crippen molar-refractivity contribution in [2.75, 3.05) is 33.0 Å². The minimum Gasteiger partial charge on any atom is -0.394 e. The quantitative estimate of drug-likeness (QED) is 0.0442. The second-order valence-electron chi connectivity index (χ2n) is 11.9. The molecule has 0 bridgehead atoms. The van der Waals surface area contributed by atoms with E-state index in [0.29, 0.717) is 45.1 Å². The molecule has 10 unspecified atom stereocenters. The van der Waals surface area contributed by atoms with Gasteiger partial charge in [-0.1, -0.05) is 12.2 Å². The summed E-state index contributed by atoms with van der Waals surface area (Å²) in [5.74, 6) is -0.266. The lowest BCUT2D eigenvalue weighted by Gasteiger charge is -2.39. The van der Waals surface area contributed by atoms with Crippen molar-refractivity contribution in [3.8, 4) is 0 Å². The van der Waals surface area contributed by atoms with E-state index in [0.717, 1.165) is 12.0 Å². The van der Waals surface area contributed by atoms with Gasteiger partial charge in [0.2, 0.25) is 11.8 Å². The summed E-state index contributed by atoms with van der Waals surface area (Å²) in [5.41, 5.74) is 0.814. The van der Waals surface area contributed by atoms with Crippen LogP contribution < -0.4 is 10.6 Å². The molecule has 268 valence electrons. The third kappa shape index (κ3) is 13.0. The minimum atomic E-state index is -1.51. The Bertz CT molecular complexity index is 909. The van der Waals surface area contributed by atoms with Crippen LogP contribution in [0.15, 0.2) is 12.2 Å². The molecule has 2 amide bonds. The molecule has 0 spiro atoms. The maximum absolute atomic E-state index is 12.5. The summed E-state index contributed by atoms with van der Waals surface area (Å²) in [4.78, 5) is 24.6. The van der Waals surface area contributed by atoms with Gasteiger partial charge < -0.3 is 70.4 Å². The van der Waals surface area contributed by atoms with Crippen molar-refractivity contribution >= 4 is 11.8 Å². The fourth-order valence-electron chi connectivity index (χ4n) is 5.08. The summed E-state index contributed by atoms with van der Waals surface area (Å²) in [6, 6.07) is -0.211. The number of amides is 2. The van der Waals surface area contributed by atoms with Crippen LogP contribution in [0.2, 0.25) is 0 Å². The molecule has 11 atom stereocenters. The Labute approximate surface area is 269 Å². The Kier molecular flexibility index (Phi) is 18.6. The first-order valence-corrected chi connectivity index (χ1v) is 16.0. The van der Waals surface area contributed by atoms with E-state index in [1.807, 2.05) is 6.92 Å². The normalized spacial score (nSPS) is 32.1. The molecule has 0 saturated carbocycles. The van der Waals surface area contributed by atoms with E-state index in [1.165, 1.54) is 0 Å². The maximum atomic E-state index is 12.5. The molecule has 2 rings (SSSR count). The predicted octanol–water partition coefficient (Wildman–Crippen LogP) is -2.69. The van der Waals surface area contributed by atoms with Crippen molar-refractivity contribution in [3.05, 3.63) is 12.2 Å². The van der Waals surface area contributed by atoms with Crippen LogP contribution in [0.4, 0.5) is 0 Å². The lowest BCUT2D eigenvalue weighted by atomic mass is 9.99. The molecular formula is C30H54N2O14. The number of carbonyl (C=O) groups excluding carboxylic acids is 2. The van der Waals surface area contributed by atoms with Gasteiger partial charge in [0.05, 0.1) is 13.2 Å². The molecule has 46 heavy (non-hydrogen) atoms. The maximum Gasteiger partial charge on any atom is 0.220 e. The molecule has 10 N–H and O–H groups in total. The van der Waals surface area contributed by atoms with Crippen LogP contribution in [-0.2, 0) is 28.5 Å². The minimum absolute atomic E-state index is 0.117. The van der Waals surface area contributed by atoms with Gasteiger partial charge in [-0.05, 0) is 51.9 Å². The number of ether oxygens (including phenoxy) is 4. The lowest BCUT2D eigenvalue weighted by molar-refractivity contribution is -0.301. The van der Waals surface area contributed by atoms with Gasteiger partial charge in [0.1, 0.15) is 48.8 Å². The van der Waals surface area contributed by atoms with E-state index in [2.05, 4.69) is 17.2 Å². The van der Waals surface area contributed by atoms with Gasteiger partial charge >= 0.3 is 0 Å². The standard InChI is InChI=1S/C30H54N2O14/c1-17(2)18(32-22(36)11-5-8-14-44-30-28(42)26(40)24(38)20(16-34)46-30)9-3-6-12-31-21(35)10-4-7-13-43-29-27(41)25(39)23(37)19(15-33)45-29/h18-20,23-30,33-34,37-42H,1,3-16H2,2H3,(H,31,35)(H,32,36)/t18-,19?,20?,23?,24?,25?,26?,27?,28?,29?,30?/m1/s1. The Hall–Kier alpha value is -1.80. The zero-order valence-electron chi connectivity index (χ0n) is 26.5. The summed E-state index contributed by atoms with van der Waals surface area (Å²) in [6.45, 7) is 5.49. The van der Waals surface area contributed by atoms with Gasteiger partial charge in [0.25, 0.3) is 0 Å². The van der Waals surface area contributed by atoms with Crippen molar-refractivity contribution in [3.63, 3.8) is 0 Å². The van der Waals surface area contributed by atoms with Gasteiger partial charge in [-0.25, -0.2) is 0 Å². The Balaban J connectivity index is 1.52. The van der Waals surface area contributed by atoms with E-state index in [-0.39, 0.29) is 43.9 Å². The molecule has 0 aromatic carbocycles. The molecule has 2 fully saturated rings. The molecule has 2 aliphatic rings. The van der Waals surface area contributed by atoms with Crippen molar-refractivity contribution in [2.45, 2.75) is 132 Å². The summed E-state index contributed by atoms with van der Waals surface area (Å²) in [5, 5.41) is 83.5. The lowest BCUT2D eigenvalue weighted by Crippen LogP contribution is -2.59. The van der Waals surface area contributed by atoms with E-state index in [9.17, 15) is 50.4 Å². The van der Waals surface area contributed by atoms with Crippen LogP contribution in [0.25, 0.3) is 0 Å². The van der Waals surface area contributed by atoms with Gasteiger partial charge in [-0.15, -0.1) is 0 Å². The van der Waals surface area contributed by atoms with E-state index in [4.69, 9.17) is 18.9 Å². The van der Waals surface area contributed by atoms with Crippen LogP contribution in [0, 0.1) is 0 Å². The van der Waals surface area contributed by atoms with Gasteiger partial charge in [-0.2, -0.15) is 0 Å². The van der Waals surface area contributed by atoms with Crippen LogP contribution in [0.3, 0.4) is 0 Å². The highest BCUT2D eigenvalue weighted by Crippen LogP contribution is 2.23. The third-order valence-electron chi connectivity index (χ3n) is 8.03. The first-order chi connectivity index (χ1) is 21.9. The highest BCUT2D eigenvalue weighted by Gasteiger charge is 2.45. The Morgan fingerprint density at radius 1 is 0.696 bits per heavy atom. The highest BCUT2D eigenvalue weighted by atomic mass is 16.7. The Morgan fingerprint density at radius 3 is 1.63 bits per heavy atom. The fourth-order valence-corrected chi connectivity index (χ4v) is 5.08. The van der Waals surface area contributed by atoms with Crippen LogP contribution in [0.1, 0.15) is 64.7 Å². The number of unbranched alkanes of at least 4 members (excludes halogenated alkanes) is 3. The zero-order valence-corrected chi connectivity index (χ0v) is 26.5. The van der Waals surface area contributed by atoms with Gasteiger partial charge in [-0.3, -0.25) is 9.59 Å². The van der Waals surface area contributed by atoms with E-state index < -0.39 is 74.6 Å². The topological polar surface area (TPSA) is 257 Å². The molecule has 0 aromatic rings. The van der Waals surface area contributed by atoms with Crippen molar-refractivity contribution in [1.82, 2.24) is 10.6 Å². The monoisotopic (exact) mass is 666 g/mol. The molecule has 0 radical (unpaired) electrons. The van der Waals surface area contributed by atoms with E-state index >= 15 is 0 Å². The number of hydrogen-bond donors (Lipinski definition) is 10. The number of hydrogen-bond acceptors (Lipinski definition) is 14. The van der Waals surface area contributed by atoms with Gasteiger partial charge in [0, 0.05) is 38.6 Å². The first-order valence-electron chi connectivity index (χ1n) is 16.0. The summed E-state index contributed by atoms with van der Waals surface area (Å²) in [7, 11) is 0. The fraction of sp³-hybridized carbons (Fsp3) is 0.867. The Morgan fingerprint density at radius 2 is 1.17 bits per heavy atom. The number of carbonyl (C=O) groups is 2. The second-order valence-corrected chi connectivity index (χ2v) is 11.9. The summed E-state index contributed by atoms with van der Waals surface area (Å²) < 4.78 is 21.4. The average molecular weight is 667 g/mol. The molecule has 0 aliphatic carbocycles. The number of rotatable bonds is 21. The largest absolute Gasteiger partial charge is 0.394 e. The molecule has 2 saturated heterocycles. The molecule has 16 heteroatoms. The smallest absolute Gasteiger partial charge is 0.220 e.